The largest absolute Gasteiger partial charge is 0.299 e. The van der Waals surface area contributed by atoms with Gasteiger partial charge in [0.25, 0.3) is 0 Å². The van der Waals surface area contributed by atoms with Crippen LogP contribution < -0.4 is 0 Å². The van der Waals surface area contributed by atoms with Gasteiger partial charge in [-0.3, -0.25) is 33.3 Å². The minimum absolute atomic E-state index is 0. The summed E-state index contributed by atoms with van der Waals surface area (Å²) in [6.07, 6.45) is 20.4. The van der Waals surface area contributed by atoms with Crippen LogP contribution in [0.5, 0.6) is 0 Å². The van der Waals surface area contributed by atoms with Gasteiger partial charge in [-0.05, 0) is 87.6 Å². The van der Waals surface area contributed by atoms with Crippen molar-refractivity contribution in [1.82, 2.24) is 18.9 Å². The molecule has 3 saturated heterocycles. The van der Waals surface area contributed by atoms with Crippen molar-refractivity contribution < 1.29 is 55.2 Å². The second-order valence-electron chi connectivity index (χ2n) is 20.2. The zero-order valence-corrected chi connectivity index (χ0v) is 50.9. The monoisotopic (exact) mass is 1260 g/mol. The number of hydrogen-bond donors (Lipinski definition) is 0. The van der Waals surface area contributed by atoms with E-state index in [4.69, 9.17) is 0 Å². The van der Waals surface area contributed by atoms with Crippen molar-refractivity contribution in [2.24, 2.45) is 17.8 Å². The Hall–Kier alpha value is -5.64. The van der Waals surface area contributed by atoms with Crippen molar-refractivity contribution in [2.45, 2.75) is 41.5 Å². The van der Waals surface area contributed by atoms with Gasteiger partial charge in [0.2, 0.25) is 0 Å². The summed E-state index contributed by atoms with van der Waals surface area (Å²) in [6.45, 7) is 25.4. The van der Waals surface area contributed by atoms with Crippen LogP contribution in [0.1, 0.15) is 74.9 Å². The second kappa shape index (κ2) is 39.7. The number of carbonyl (C=O) groups is 3. The van der Waals surface area contributed by atoms with E-state index < -0.39 is 0 Å². The van der Waals surface area contributed by atoms with Crippen LogP contribution in [0.3, 0.4) is 0 Å². The molecular weight excluding hydrogens is 1180 g/mol. The molecule has 0 aromatic heterocycles. The normalized spacial score (nSPS) is 15.9. The Kier molecular flexibility index (Phi) is 34.0. The molecule has 3 aliphatic rings. The van der Waals surface area contributed by atoms with Crippen LogP contribution in [0, 0.1) is 17.8 Å². The molecule has 6 aromatic carbocycles. The molecule has 9 rings (SSSR count). The fraction of sp³-hybridized carbons (Fsp3) is 0.261. The Balaban J connectivity index is 0.000000276. The third-order valence-corrected chi connectivity index (χ3v) is 14.6. The Morgan fingerprint density at radius 2 is 0.506 bits per heavy atom. The van der Waals surface area contributed by atoms with E-state index in [1.54, 1.807) is 36.5 Å². The molecule has 0 spiro atoms. The summed E-state index contributed by atoms with van der Waals surface area (Å²) in [5.74, 6) is 2.20. The number of rotatable bonds is 18. The number of fused-ring (bicyclic) bond motifs is 6. The van der Waals surface area contributed by atoms with E-state index in [-0.39, 0.29) is 66.6 Å². The van der Waals surface area contributed by atoms with Crippen molar-refractivity contribution >= 4 is 62.2 Å². The molecule has 7 nitrogen and oxygen atoms in total. The summed E-state index contributed by atoms with van der Waals surface area (Å²) >= 11 is 0. The molecule has 0 amide bonds. The molecule has 420 valence electrons. The van der Waals surface area contributed by atoms with Crippen LogP contribution in [0.4, 0.5) is 0 Å². The van der Waals surface area contributed by atoms with Gasteiger partial charge in [0.1, 0.15) is 8.37 Å². The van der Waals surface area contributed by atoms with Crippen molar-refractivity contribution in [1.29, 1.82) is 0 Å². The summed E-state index contributed by atoms with van der Waals surface area (Å²) in [5, 5.41) is 0. The first kappa shape index (κ1) is 67.6. The fourth-order valence-electron chi connectivity index (χ4n) is 8.29. The van der Waals surface area contributed by atoms with Gasteiger partial charge in [-0.1, -0.05) is 260 Å². The van der Waals surface area contributed by atoms with Crippen molar-refractivity contribution in [2.75, 3.05) is 58.9 Å². The van der Waals surface area contributed by atoms with E-state index in [2.05, 4.69) is 60.5 Å². The SMILES string of the molecule is CC(C)CN1CCN2CCN(CC(C)C)P1N(CC(C)C)CC2.O=C(C=Cc1ccccc1)C=Cc1ccccc1.O=C(C=Cc1ccccc1)C=Cc1ccccc1.O=C(C=Cc1ccccc1)C=Cc1ccccc1.[Pd].[Pd]. The average molecular weight is 1260 g/mol. The van der Waals surface area contributed by atoms with Gasteiger partial charge in [0, 0.05) is 99.7 Å². The van der Waals surface area contributed by atoms with Crippen LogP contribution in [-0.2, 0) is 55.2 Å². The minimum atomic E-state index is -0.292. The van der Waals surface area contributed by atoms with E-state index in [1.165, 1.54) is 58.9 Å². The smallest absolute Gasteiger partial charge is 0.178 e. The van der Waals surface area contributed by atoms with Crippen LogP contribution in [0.2, 0.25) is 0 Å². The van der Waals surface area contributed by atoms with E-state index in [9.17, 15) is 14.4 Å². The van der Waals surface area contributed by atoms with Gasteiger partial charge in [-0.15, -0.1) is 0 Å². The summed E-state index contributed by atoms with van der Waals surface area (Å²) in [6, 6.07) is 58.7. The average Bonchev–Trinajstić information content (AvgIpc) is 3.46. The van der Waals surface area contributed by atoms with Crippen molar-refractivity contribution in [3.63, 3.8) is 0 Å². The molecule has 0 saturated carbocycles. The molecule has 3 fully saturated rings. The van der Waals surface area contributed by atoms with Gasteiger partial charge in [-0.2, -0.15) is 0 Å². The van der Waals surface area contributed by atoms with Crippen LogP contribution in [-0.4, -0.2) is 95.2 Å². The van der Waals surface area contributed by atoms with Crippen LogP contribution in [0.25, 0.3) is 36.5 Å². The number of nitrogens with zero attached hydrogens (tertiary/aromatic N) is 4. The first-order valence-electron chi connectivity index (χ1n) is 27.2. The Labute approximate surface area is 502 Å². The molecule has 10 heteroatoms. The van der Waals surface area contributed by atoms with Gasteiger partial charge >= 0.3 is 0 Å². The predicted octanol–water partition coefficient (Wildman–Crippen LogP) is 15.4. The molecule has 6 aromatic rings. The third kappa shape index (κ3) is 28.9. The first-order valence-corrected chi connectivity index (χ1v) is 28.4. The quantitative estimate of drug-likeness (QED) is 0.0483. The van der Waals surface area contributed by atoms with E-state index in [0.29, 0.717) is 0 Å². The van der Waals surface area contributed by atoms with Crippen molar-refractivity contribution in [3.05, 3.63) is 252 Å². The van der Waals surface area contributed by atoms with Gasteiger partial charge in [-0.25, -0.2) is 0 Å². The Morgan fingerprint density at radius 1 is 0.329 bits per heavy atom. The maximum Gasteiger partial charge on any atom is 0.178 e. The molecule has 2 bridgehead atoms. The maximum atomic E-state index is 11.6. The van der Waals surface area contributed by atoms with E-state index in [1.807, 2.05) is 218 Å². The molecule has 79 heavy (non-hydrogen) atoms. The zero-order valence-electron chi connectivity index (χ0n) is 46.9. The molecule has 0 aliphatic carbocycles. The fourth-order valence-corrected chi connectivity index (χ4v) is 11.6. The number of ketones is 3. The number of hydrogen-bond acceptors (Lipinski definition) is 7. The molecule has 0 radical (unpaired) electrons. The number of carbonyl (C=O) groups excluding carboxylic acids is 3. The van der Waals surface area contributed by atoms with Gasteiger partial charge < -0.3 is 0 Å². The molecule has 0 atom stereocenters. The molecule has 3 aliphatic heterocycles. The van der Waals surface area contributed by atoms with Crippen LogP contribution in [0.15, 0.2) is 218 Å². The standard InChI is InChI=1S/C18H39N4P.3C17H14O.2Pd/c1-16(2)13-20-10-7-19-8-11-21(14-17(3)4)23(20)22(12-9-19)15-18(5)6;3*18-17(13-11-15-7-3-1-4-8-15)14-12-16-9-5-2-6-10-16;;/h16-18H,7-15H2,1-6H3;3*1-14H;;. The number of benzene rings is 6. The second-order valence-corrected chi connectivity index (χ2v) is 22.4. The Morgan fingerprint density at radius 3 is 0.671 bits per heavy atom. The summed E-state index contributed by atoms with van der Waals surface area (Å²) in [5.41, 5.74) is 6.16. The molecule has 0 N–H and O–H groups in total. The third-order valence-electron chi connectivity index (χ3n) is 11.9. The molecule has 3 heterocycles. The maximum absolute atomic E-state index is 11.6. The molecular formula is C69H81N4O3PPd2. The van der Waals surface area contributed by atoms with Gasteiger partial charge in [0.05, 0.1) is 0 Å². The zero-order chi connectivity index (χ0) is 54.9. The van der Waals surface area contributed by atoms with E-state index in [0.717, 1.165) is 51.1 Å². The predicted molar refractivity (Wildman–Crippen MR) is 330 cm³/mol. The summed E-state index contributed by atoms with van der Waals surface area (Å²) in [4.78, 5) is 37.5. The minimum Gasteiger partial charge on any atom is -0.299 e. The van der Waals surface area contributed by atoms with Crippen molar-refractivity contribution in [3.8, 4) is 0 Å². The summed E-state index contributed by atoms with van der Waals surface area (Å²) < 4.78 is 8.49. The summed E-state index contributed by atoms with van der Waals surface area (Å²) in [7, 11) is -0.292. The topological polar surface area (TPSA) is 64.2 Å². The van der Waals surface area contributed by atoms with Crippen LogP contribution >= 0.6 is 8.37 Å². The first-order chi connectivity index (χ1) is 37.4. The van der Waals surface area contributed by atoms with E-state index >= 15 is 0 Å². The Bertz CT molecular complexity index is 2330. The number of allylic oxidation sites excluding steroid dienone is 6. The van der Waals surface area contributed by atoms with Gasteiger partial charge in [0.15, 0.2) is 17.3 Å². The molecule has 0 unspecified atom stereocenters.